The van der Waals surface area contributed by atoms with Gasteiger partial charge in [0.1, 0.15) is 5.82 Å². The summed E-state index contributed by atoms with van der Waals surface area (Å²) in [5, 5.41) is 10.8. The molecular weight excluding hydrogens is 391 g/mol. The predicted molar refractivity (Wildman–Crippen MR) is 109 cm³/mol. The molecule has 0 aliphatic carbocycles. The van der Waals surface area contributed by atoms with E-state index in [-0.39, 0.29) is 12.1 Å². The Morgan fingerprint density at radius 1 is 1.37 bits per heavy atom. The van der Waals surface area contributed by atoms with E-state index in [0.29, 0.717) is 48.6 Å². The number of aromatic nitrogens is 1. The van der Waals surface area contributed by atoms with E-state index in [9.17, 15) is 4.79 Å². The minimum Gasteiger partial charge on any atom is -0.450 e. The molecule has 10 heteroatoms. The predicted octanol–water partition coefficient (Wildman–Crippen LogP) is 2.59. The summed E-state index contributed by atoms with van der Waals surface area (Å²) in [6.45, 7) is 4.83. The number of nitrogens with one attached hydrogen (secondary N) is 3. The fourth-order valence-electron chi connectivity index (χ4n) is 2.72. The van der Waals surface area contributed by atoms with E-state index in [4.69, 9.17) is 27.9 Å². The highest BCUT2D eigenvalue weighted by atomic mass is 35.5. The molecule has 8 nitrogen and oxygen atoms in total. The van der Waals surface area contributed by atoms with Gasteiger partial charge in [-0.1, -0.05) is 23.2 Å². The molecule has 0 bridgehead atoms. The molecule has 1 aliphatic rings. The Morgan fingerprint density at radius 2 is 2.11 bits per heavy atom. The number of anilines is 1. The highest BCUT2D eigenvalue weighted by molar-refractivity contribution is 6.35. The van der Waals surface area contributed by atoms with Crippen LogP contribution in [0.1, 0.15) is 19.8 Å². The molecule has 1 aliphatic heterocycles. The Morgan fingerprint density at radius 3 is 2.74 bits per heavy atom. The maximum atomic E-state index is 11.7. The van der Waals surface area contributed by atoms with Gasteiger partial charge in [0, 0.05) is 45.5 Å². The lowest BCUT2D eigenvalue weighted by Crippen LogP contribution is -2.50. The fourth-order valence-corrected chi connectivity index (χ4v) is 3.16. The third kappa shape index (κ3) is 6.95. The van der Waals surface area contributed by atoms with Crippen molar-refractivity contribution in [2.45, 2.75) is 25.8 Å². The molecule has 0 spiro atoms. The smallest absolute Gasteiger partial charge is 0.409 e. The molecule has 1 fully saturated rings. The Kier molecular flexibility index (Phi) is 8.74. The largest absolute Gasteiger partial charge is 0.450 e. The van der Waals surface area contributed by atoms with Gasteiger partial charge in [-0.2, -0.15) is 0 Å². The van der Waals surface area contributed by atoms with Crippen molar-refractivity contribution >= 4 is 41.1 Å². The Labute approximate surface area is 169 Å². The molecule has 2 heterocycles. The molecule has 1 aromatic rings. The molecule has 27 heavy (non-hydrogen) atoms. The molecule has 1 saturated heterocycles. The first kappa shape index (κ1) is 21.4. The minimum atomic E-state index is -0.237. The van der Waals surface area contributed by atoms with Crippen molar-refractivity contribution < 1.29 is 9.53 Å². The highest BCUT2D eigenvalue weighted by Gasteiger charge is 2.23. The number of aliphatic imine (C=N–C) groups is 1. The lowest BCUT2D eigenvalue weighted by atomic mass is 10.1. The maximum absolute atomic E-state index is 11.7. The minimum absolute atomic E-state index is 0.237. The van der Waals surface area contributed by atoms with E-state index < -0.39 is 0 Å². The Hall–Kier alpha value is -1.93. The van der Waals surface area contributed by atoms with Crippen LogP contribution in [-0.2, 0) is 4.74 Å². The van der Waals surface area contributed by atoms with Crippen molar-refractivity contribution in [1.82, 2.24) is 20.5 Å². The van der Waals surface area contributed by atoms with Crippen molar-refractivity contribution in [3.63, 3.8) is 0 Å². The summed E-state index contributed by atoms with van der Waals surface area (Å²) < 4.78 is 5.04. The van der Waals surface area contributed by atoms with Crippen LogP contribution in [0.5, 0.6) is 0 Å². The normalized spacial score (nSPS) is 15.4. The van der Waals surface area contributed by atoms with Crippen LogP contribution in [0, 0.1) is 0 Å². The van der Waals surface area contributed by atoms with E-state index in [2.05, 4.69) is 25.9 Å². The molecule has 1 amide bonds. The number of rotatable bonds is 6. The number of carbonyl (C=O) groups excluding carboxylic acids is 1. The Balaban J connectivity index is 1.68. The van der Waals surface area contributed by atoms with Gasteiger partial charge in [-0.25, -0.2) is 9.78 Å². The number of amides is 1. The molecule has 0 aromatic carbocycles. The van der Waals surface area contributed by atoms with E-state index in [1.807, 2.05) is 6.92 Å². The topological polar surface area (TPSA) is 90.9 Å². The van der Waals surface area contributed by atoms with Gasteiger partial charge in [0.25, 0.3) is 0 Å². The first-order chi connectivity index (χ1) is 13.0. The molecule has 150 valence electrons. The van der Waals surface area contributed by atoms with Gasteiger partial charge >= 0.3 is 6.09 Å². The van der Waals surface area contributed by atoms with Gasteiger partial charge < -0.3 is 25.6 Å². The first-order valence-electron chi connectivity index (χ1n) is 8.97. The number of piperidine rings is 1. The zero-order chi connectivity index (χ0) is 19.6. The molecule has 3 N–H and O–H groups in total. The van der Waals surface area contributed by atoms with E-state index in [1.165, 1.54) is 0 Å². The molecular formula is C17H26Cl2N6O2. The molecule has 1 aromatic heterocycles. The third-order valence-electron chi connectivity index (χ3n) is 4.10. The molecule has 0 saturated carbocycles. The zero-order valence-electron chi connectivity index (χ0n) is 15.6. The van der Waals surface area contributed by atoms with Crippen LogP contribution in [-0.4, -0.2) is 67.8 Å². The average Bonchev–Trinajstić information content (AvgIpc) is 2.66. The standard InChI is InChI=1S/C17H26Cl2N6O2/c1-3-27-17(26)25-8-4-13(5-9-25)24-16(20-2)22-7-6-21-15-14(19)10-12(18)11-23-15/h10-11,13H,3-9H2,1-2H3,(H,21,23)(H2,20,22,24). The van der Waals surface area contributed by atoms with Crippen molar-refractivity contribution in [3.8, 4) is 0 Å². The van der Waals surface area contributed by atoms with Crippen molar-refractivity contribution in [2.24, 2.45) is 4.99 Å². The van der Waals surface area contributed by atoms with Crippen molar-refractivity contribution in [1.29, 1.82) is 0 Å². The quantitative estimate of drug-likeness (QED) is 0.375. The maximum Gasteiger partial charge on any atom is 0.409 e. The van der Waals surface area contributed by atoms with Crippen LogP contribution < -0.4 is 16.0 Å². The van der Waals surface area contributed by atoms with Gasteiger partial charge in [-0.15, -0.1) is 0 Å². The molecule has 0 atom stereocenters. The van der Waals surface area contributed by atoms with Crippen LogP contribution in [0.25, 0.3) is 0 Å². The molecule has 0 unspecified atom stereocenters. The van der Waals surface area contributed by atoms with Crippen LogP contribution in [0.15, 0.2) is 17.3 Å². The number of guanidine groups is 1. The monoisotopic (exact) mass is 416 g/mol. The summed E-state index contributed by atoms with van der Waals surface area (Å²) in [7, 11) is 1.73. The summed E-state index contributed by atoms with van der Waals surface area (Å²) >= 11 is 11.9. The number of hydrogen-bond donors (Lipinski definition) is 3. The number of halogens is 2. The third-order valence-corrected chi connectivity index (χ3v) is 4.60. The SMILES string of the molecule is CCOC(=O)N1CCC(NC(=NC)NCCNc2ncc(Cl)cc2Cl)CC1. The van der Waals surface area contributed by atoms with Crippen LogP contribution in [0.4, 0.5) is 10.6 Å². The zero-order valence-corrected chi connectivity index (χ0v) is 17.1. The summed E-state index contributed by atoms with van der Waals surface area (Å²) in [5.41, 5.74) is 0. The average molecular weight is 417 g/mol. The lowest BCUT2D eigenvalue weighted by Gasteiger charge is -2.32. The second kappa shape index (κ2) is 11.0. The van der Waals surface area contributed by atoms with Gasteiger partial charge in [-0.05, 0) is 25.8 Å². The number of pyridine rings is 1. The van der Waals surface area contributed by atoms with Crippen LogP contribution >= 0.6 is 23.2 Å². The second-order valence-corrected chi connectivity index (χ2v) is 6.86. The van der Waals surface area contributed by atoms with Gasteiger partial charge in [0.2, 0.25) is 0 Å². The Bertz CT molecular complexity index is 650. The number of nitrogens with zero attached hydrogens (tertiary/aromatic N) is 3. The van der Waals surface area contributed by atoms with E-state index in [0.717, 1.165) is 18.8 Å². The van der Waals surface area contributed by atoms with Crippen LogP contribution in [0.3, 0.4) is 0 Å². The molecule has 2 rings (SSSR count). The number of ether oxygens (including phenoxy) is 1. The summed E-state index contributed by atoms with van der Waals surface area (Å²) in [4.78, 5) is 21.9. The fraction of sp³-hybridized carbons (Fsp3) is 0.588. The van der Waals surface area contributed by atoms with Crippen molar-refractivity contribution in [2.75, 3.05) is 45.2 Å². The number of likely N-dealkylation sites (tertiary alicyclic amines) is 1. The summed E-state index contributed by atoms with van der Waals surface area (Å²) in [6.07, 6.45) is 3.01. The first-order valence-corrected chi connectivity index (χ1v) is 9.72. The van der Waals surface area contributed by atoms with E-state index in [1.54, 1.807) is 24.2 Å². The van der Waals surface area contributed by atoms with Gasteiger partial charge in [0.05, 0.1) is 16.7 Å². The van der Waals surface area contributed by atoms with Gasteiger partial charge in [-0.3, -0.25) is 4.99 Å². The summed E-state index contributed by atoms with van der Waals surface area (Å²) in [6, 6.07) is 1.91. The van der Waals surface area contributed by atoms with Crippen LogP contribution in [0.2, 0.25) is 10.0 Å². The highest BCUT2D eigenvalue weighted by Crippen LogP contribution is 2.22. The van der Waals surface area contributed by atoms with Crippen molar-refractivity contribution in [3.05, 3.63) is 22.3 Å². The summed E-state index contributed by atoms with van der Waals surface area (Å²) in [5.74, 6) is 1.32. The second-order valence-electron chi connectivity index (χ2n) is 6.01. The lowest BCUT2D eigenvalue weighted by molar-refractivity contribution is 0.0963. The van der Waals surface area contributed by atoms with E-state index >= 15 is 0 Å². The number of hydrogen-bond acceptors (Lipinski definition) is 5. The van der Waals surface area contributed by atoms with Gasteiger partial charge in [0.15, 0.2) is 5.96 Å². The number of carbonyl (C=O) groups is 1. The molecule has 0 radical (unpaired) electrons.